The van der Waals surface area contributed by atoms with Gasteiger partial charge in [0, 0.05) is 6.54 Å². The van der Waals surface area contributed by atoms with Crippen LogP contribution in [0.5, 0.6) is 0 Å². The van der Waals surface area contributed by atoms with Crippen LogP contribution in [-0.2, 0) is 0 Å². The minimum Gasteiger partial charge on any atom is -0.320 e. The van der Waals surface area contributed by atoms with Gasteiger partial charge in [-0.15, -0.1) is 0 Å². The molecule has 1 saturated heterocycles. The van der Waals surface area contributed by atoms with Crippen LogP contribution in [0.15, 0.2) is 0 Å². The molecule has 1 unspecified atom stereocenters. The molecular formula is C12H26N2. The molecule has 0 aromatic carbocycles. The Bertz CT molecular complexity index is 145. The number of hydrogen-bond donors (Lipinski definition) is 1. The van der Waals surface area contributed by atoms with Gasteiger partial charge in [0.1, 0.15) is 0 Å². The van der Waals surface area contributed by atoms with Gasteiger partial charge in [0.05, 0.1) is 0 Å². The SMILES string of the molecule is CNCCC1CCN(CCC(C)C)C1. The number of nitrogens with one attached hydrogen (secondary N) is 1. The van der Waals surface area contributed by atoms with Gasteiger partial charge in [-0.3, -0.25) is 0 Å². The van der Waals surface area contributed by atoms with E-state index in [1.807, 2.05) is 7.05 Å². The van der Waals surface area contributed by atoms with E-state index in [9.17, 15) is 0 Å². The van der Waals surface area contributed by atoms with Gasteiger partial charge < -0.3 is 10.2 Å². The fourth-order valence-corrected chi connectivity index (χ4v) is 2.14. The molecule has 1 atom stereocenters. The molecule has 1 fully saturated rings. The molecule has 0 aromatic rings. The summed E-state index contributed by atoms with van der Waals surface area (Å²) in [5.41, 5.74) is 0. The number of hydrogen-bond acceptors (Lipinski definition) is 2. The summed E-state index contributed by atoms with van der Waals surface area (Å²) in [6.45, 7) is 9.80. The molecule has 2 heteroatoms. The van der Waals surface area contributed by atoms with Crippen molar-refractivity contribution in [2.45, 2.75) is 33.1 Å². The molecule has 0 amide bonds. The smallest absolute Gasteiger partial charge is 0.00106 e. The van der Waals surface area contributed by atoms with Crippen LogP contribution in [-0.4, -0.2) is 38.1 Å². The molecule has 0 spiro atoms. The molecule has 1 aliphatic heterocycles. The molecular weight excluding hydrogens is 172 g/mol. The van der Waals surface area contributed by atoms with Crippen molar-refractivity contribution in [2.24, 2.45) is 11.8 Å². The van der Waals surface area contributed by atoms with Gasteiger partial charge in [-0.2, -0.15) is 0 Å². The van der Waals surface area contributed by atoms with Crippen LogP contribution in [0, 0.1) is 11.8 Å². The zero-order valence-corrected chi connectivity index (χ0v) is 10.1. The van der Waals surface area contributed by atoms with Crippen LogP contribution >= 0.6 is 0 Å². The Labute approximate surface area is 89.1 Å². The Morgan fingerprint density at radius 2 is 2.21 bits per heavy atom. The lowest BCUT2D eigenvalue weighted by molar-refractivity contribution is 0.299. The number of nitrogens with zero attached hydrogens (tertiary/aromatic N) is 1. The highest BCUT2D eigenvalue weighted by Crippen LogP contribution is 2.19. The molecule has 0 aromatic heterocycles. The first kappa shape index (κ1) is 12.0. The average Bonchev–Trinajstić information content (AvgIpc) is 2.59. The van der Waals surface area contributed by atoms with Gasteiger partial charge >= 0.3 is 0 Å². The van der Waals surface area contributed by atoms with Crippen LogP contribution in [0.25, 0.3) is 0 Å². The van der Waals surface area contributed by atoms with E-state index >= 15 is 0 Å². The fourth-order valence-electron chi connectivity index (χ4n) is 2.14. The summed E-state index contributed by atoms with van der Waals surface area (Å²) >= 11 is 0. The molecule has 2 nitrogen and oxygen atoms in total. The number of likely N-dealkylation sites (tertiary alicyclic amines) is 1. The van der Waals surface area contributed by atoms with Crippen molar-refractivity contribution in [3.63, 3.8) is 0 Å². The van der Waals surface area contributed by atoms with E-state index in [0.717, 1.165) is 11.8 Å². The predicted octanol–water partition coefficient (Wildman–Crippen LogP) is 1.96. The molecule has 0 saturated carbocycles. The lowest BCUT2D eigenvalue weighted by Crippen LogP contribution is -2.23. The van der Waals surface area contributed by atoms with Gasteiger partial charge in [0.15, 0.2) is 0 Å². The number of rotatable bonds is 6. The highest BCUT2D eigenvalue weighted by molar-refractivity contribution is 4.76. The summed E-state index contributed by atoms with van der Waals surface area (Å²) < 4.78 is 0. The van der Waals surface area contributed by atoms with E-state index in [1.54, 1.807) is 0 Å². The minimum atomic E-state index is 0.853. The third-order valence-corrected chi connectivity index (χ3v) is 3.20. The van der Waals surface area contributed by atoms with Gasteiger partial charge in [0.25, 0.3) is 0 Å². The lowest BCUT2D eigenvalue weighted by atomic mass is 10.1. The van der Waals surface area contributed by atoms with Crippen molar-refractivity contribution in [1.82, 2.24) is 10.2 Å². The molecule has 0 radical (unpaired) electrons. The normalized spacial score (nSPS) is 23.6. The van der Waals surface area contributed by atoms with E-state index in [2.05, 4.69) is 24.1 Å². The van der Waals surface area contributed by atoms with Crippen molar-refractivity contribution in [3.8, 4) is 0 Å². The maximum atomic E-state index is 3.24. The quantitative estimate of drug-likeness (QED) is 0.702. The molecule has 1 rings (SSSR count). The average molecular weight is 198 g/mol. The summed E-state index contributed by atoms with van der Waals surface area (Å²) in [4.78, 5) is 2.64. The maximum absolute atomic E-state index is 3.24. The molecule has 14 heavy (non-hydrogen) atoms. The molecule has 0 aliphatic carbocycles. The molecule has 0 bridgehead atoms. The van der Waals surface area contributed by atoms with Crippen LogP contribution in [0.1, 0.15) is 33.1 Å². The largest absolute Gasteiger partial charge is 0.320 e. The Kier molecular flexibility index (Phi) is 5.49. The highest BCUT2D eigenvalue weighted by Gasteiger charge is 2.21. The van der Waals surface area contributed by atoms with Crippen molar-refractivity contribution < 1.29 is 0 Å². The highest BCUT2D eigenvalue weighted by atomic mass is 15.1. The third-order valence-electron chi connectivity index (χ3n) is 3.20. The third kappa shape index (κ3) is 4.43. The van der Waals surface area contributed by atoms with Crippen molar-refractivity contribution in [3.05, 3.63) is 0 Å². The zero-order chi connectivity index (χ0) is 10.4. The van der Waals surface area contributed by atoms with Crippen LogP contribution in [0.4, 0.5) is 0 Å². The summed E-state index contributed by atoms with van der Waals surface area (Å²) in [7, 11) is 2.05. The standard InChI is InChI=1S/C12H26N2/c1-11(2)5-8-14-9-6-12(10-14)4-7-13-3/h11-13H,4-10H2,1-3H3. The summed E-state index contributed by atoms with van der Waals surface area (Å²) in [5.74, 6) is 1.81. The lowest BCUT2D eigenvalue weighted by Gasteiger charge is -2.17. The zero-order valence-electron chi connectivity index (χ0n) is 10.1. The van der Waals surface area contributed by atoms with Crippen molar-refractivity contribution >= 4 is 0 Å². The van der Waals surface area contributed by atoms with Gasteiger partial charge in [-0.1, -0.05) is 13.8 Å². The molecule has 84 valence electrons. The van der Waals surface area contributed by atoms with Crippen LogP contribution < -0.4 is 5.32 Å². The van der Waals surface area contributed by atoms with Gasteiger partial charge in [-0.25, -0.2) is 0 Å². The Morgan fingerprint density at radius 1 is 1.43 bits per heavy atom. The monoisotopic (exact) mass is 198 g/mol. The van der Waals surface area contributed by atoms with Crippen LogP contribution in [0.2, 0.25) is 0 Å². The molecule has 1 heterocycles. The Hall–Kier alpha value is -0.0800. The first-order chi connectivity index (χ1) is 6.72. The summed E-state index contributed by atoms with van der Waals surface area (Å²) in [6.07, 6.45) is 4.13. The van der Waals surface area contributed by atoms with E-state index in [0.29, 0.717) is 0 Å². The second-order valence-electron chi connectivity index (χ2n) is 5.03. The van der Waals surface area contributed by atoms with Gasteiger partial charge in [-0.05, 0) is 57.8 Å². The van der Waals surface area contributed by atoms with Crippen molar-refractivity contribution in [1.29, 1.82) is 0 Å². The second-order valence-corrected chi connectivity index (χ2v) is 5.03. The van der Waals surface area contributed by atoms with Gasteiger partial charge in [0.2, 0.25) is 0 Å². The van der Waals surface area contributed by atoms with Crippen LogP contribution in [0.3, 0.4) is 0 Å². The molecule has 1 aliphatic rings. The maximum Gasteiger partial charge on any atom is 0.00106 e. The first-order valence-corrected chi connectivity index (χ1v) is 6.09. The topological polar surface area (TPSA) is 15.3 Å². The summed E-state index contributed by atoms with van der Waals surface area (Å²) in [5, 5.41) is 3.24. The predicted molar refractivity (Wildman–Crippen MR) is 62.5 cm³/mol. The minimum absolute atomic E-state index is 0.853. The van der Waals surface area contributed by atoms with Crippen molar-refractivity contribution in [2.75, 3.05) is 33.2 Å². The van der Waals surface area contributed by atoms with E-state index < -0.39 is 0 Å². The Morgan fingerprint density at radius 3 is 2.86 bits per heavy atom. The van der Waals surface area contributed by atoms with E-state index in [4.69, 9.17) is 0 Å². The second kappa shape index (κ2) is 6.41. The Balaban J connectivity index is 2.08. The summed E-state index contributed by atoms with van der Waals surface area (Å²) in [6, 6.07) is 0. The van der Waals surface area contributed by atoms with E-state index in [-0.39, 0.29) is 0 Å². The fraction of sp³-hybridized carbons (Fsp3) is 1.00. The first-order valence-electron chi connectivity index (χ1n) is 6.09. The van der Waals surface area contributed by atoms with E-state index in [1.165, 1.54) is 45.4 Å². The molecule has 1 N–H and O–H groups in total.